The Labute approximate surface area is 97.3 Å². The first-order valence-electron chi connectivity index (χ1n) is 5.80. The Morgan fingerprint density at radius 2 is 1.71 bits per heavy atom. The minimum absolute atomic E-state index is 1.32. The fourth-order valence-electron chi connectivity index (χ4n) is 1.68. The molecule has 0 radical (unpaired) electrons. The van der Waals surface area contributed by atoms with E-state index < -0.39 is 0 Å². The van der Waals surface area contributed by atoms with E-state index in [1.807, 2.05) is 0 Å². The molecule has 1 rings (SSSR count). The Balaban J connectivity index is 2.10. The largest absolute Gasteiger partial charge is 0.129 e. The van der Waals surface area contributed by atoms with Crippen molar-refractivity contribution >= 4 is 23.5 Å². The van der Waals surface area contributed by atoms with Crippen LogP contribution >= 0.6 is 23.5 Å². The van der Waals surface area contributed by atoms with Crippen molar-refractivity contribution in [3.8, 4) is 0 Å². The highest BCUT2D eigenvalue weighted by Crippen LogP contribution is 2.36. The standard InChI is InChI=1S/C12H22S2/c1-3-4-5-6-7-8-12-11(2)13-9-10-14-12/h3-10H2,1-2H3. The zero-order chi connectivity index (χ0) is 10.2. The van der Waals surface area contributed by atoms with Crippen LogP contribution in [0.4, 0.5) is 0 Å². The third-order valence-electron chi connectivity index (χ3n) is 2.58. The Morgan fingerprint density at radius 3 is 2.43 bits per heavy atom. The summed E-state index contributed by atoms with van der Waals surface area (Å²) < 4.78 is 0. The van der Waals surface area contributed by atoms with Crippen molar-refractivity contribution in [1.82, 2.24) is 0 Å². The summed E-state index contributed by atoms with van der Waals surface area (Å²) in [5.74, 6) is 2.64. The highest BCUT2D eigenvalue weighted by atomic mass is 32.2. The molecular formula is C12H22S2. The first kappa shape index (κ1) is 12.5. The maximum atomic E-state index is 2.29. The quantitative estimate of drug-likeness (QED) is 0.585. The van der Waals surface area contributed by atoms with Gasteiger partial charge in [-0.2, -0.15) is 0 Å². The lowest BCUT2D eigenvalue weighted by molar-refractivity contribution is 0.635. The van der Waals surface area contributed by atoms with E-state index in [0.29, 0.717) is 0 Å². The summed E-state index contributed by atoms with van der Waals surface area (Å²) in [6.07, 6.45) is 8.37. The van der Waals surface area contributed by atoms with E-state index >= 15 is 0 Å². The molecule has 0 aliphatic carbocycles. The van der Waals surface area contributed by atoms with Gasteiger partial charge in [-0.05, 0) is 29.6 Å². The molecule has 0 aromatic rings. The zero-order valence-corrected chi connectivity index (χ0v) is 11.1. The van der Waals surface area contributed by atoms with Gasteiger partial charge < -0.3 is 0 Å². The fourth-order valence-corrected chi connectivity index (χ4v) is 4.01. The fraction of sp³-hybridized carbons (Fsp3) is 0.833. The Hall–Kier alpha value is 0.440. The van der Waals surface area contributed by atoms with Crippen molar-refractivity contribution in [2.24, 2.45) is 0 Å². The van der Waals surface area contributed by atoms with Gasteiger partial charge in [-0.1, -0.05) is 32.6 Å². The lowest BCUT2D eigenvalue weighted by Gasteiger charge is -2.16. The molecule has 0 saturated heterocycles. The SMILES string of the molecule is CCCCCCCC1=C(C)SCCS1. The minimum Gasteiger partial charge on any atom is -0.129 e. The van der Waals surface area contributed by atoms with Gasteiger partial charge in [0.05, 0.1) is 0 Å². The number of hydrogen-bond acceptors (Lipinski definition) is 2. The maximum Gasteiger partial charge on any atom is 0.00715 e. The van der Waals surface area contributed by atoms with E-state index in [9.17, 15) is 0 Å². The second-order valence-electron chi connectivity index (χ2n) is 3.84. The van der Waals surface area contributed by atoms with Gasteiger partial charge in [-0.3, -0.25) is 0 Å². The van der Waals surface area contributed by atoms with Gasteiger partial charge >= 0.3 is 0 Å². The number of unbranched alkanes of at least 4 members (excludes halogenated alkanes) is 4. The van der Waals surface area contributed by atoms with E-state index in [4.69, 9.17) is 0 Å². The summed E-state index contributed by atoms with van der Waals surface area (Å²) >= 11 is 4.15. The third-order valence-corrected chi connectivity index (χ3v) is 5.32. The molecular weight excluding hydrogens is 208 g/mol. The Morgan fingerprint density at radius 1 is 1.00 bits per heavy atom. The molecule has 0 N–H and O–H groups in total. The van der Waals surface area contributed by atoms with Crippen molar-refractivity contribution < 1.29 is 0 Å². The summed E-state index contributed by atoms with van der Waals surface area (Å²) in [6.45, 7) is 4.57. The smallest absolute Gasteiger partial charge is 0.00715 e. The van der Waals surface area contributed by atoms with Crippen molar-refractivity contribution in [3.05, 3.63) is 9.81 Å². The average Bonchev–Trinajstić information content (AvgIpc) is 2.20. The van der Waals surface area contributed by atoms with Crippen LogP contribution in [0.15, 0.2) is 9.81 Å². The second-order valence-corrected chi connectivity index (χ2v) is 6.34. The van der Waals surface area contributed by atoms with Crippen LogP contribution in [0, 0.1) is 0 Å². The van der Waals surface area contributed by atoms with Gasteiger partial charge in [0.1, 0.15) is 0 Å². The third kappa shape index (κ3) is 4.79. The molecule has 1 aliphatic heterocycles. The zero-order valence-electron chi connectivity index (χ0n) is 9.47. The molecule has 0 unspecified atom stereocenters. The van der Waals surface area contributed by atoms with E-state index in [2.05, 4.69) is 37.4 Å². The van der Waals surface area contributed by atoms with Crippen LogP contribution in [0.3, 0.4) is 0 Å². The van der Waals surface area contributed by atoms with Gasteiger partial charge in [0.2, 0.25) is 0 Å². The molecule has 1 aliphatic rings. The Kier molecular flexibility index (Phi) is 6.88. The van der Waals surface area contributed by atoms with Crippen LogP contribution in [0.25, 0.3) is 0 Å². The summed E-state index contributed by atoms with van der Waals surface area (Å²) in [6, 6.07) is 0. The van der Waals surface area contributed by atoms with Crippen molar-refractivity contribution in [1.29, 1.82) is 0 Å². The molecule has 0 nitrogen and oxygen atoms in total. The monoisotopic (exact) mass is 230 g/mol. The predicted octanol–water partition coefficient (Wildman–Crippen LogP) is 5.06. The van der Waals surface area contributed by atoms with Crippen LogP contribution in [0.2, 0.25) is 0 Å². The molecule has 1 heterocycles. The van der Waals surface area contributed by atoms with Crippen LogP contribution in [0.5, 0.6) is 0 Å². The molecule has 2 heteroatoms. The van der Waals surface area contributed by atoms with Crippen LogP contribution < -0.4 is 0 Å². The summed E-state index contributed by atoms with van der Waals surface area (Å²) in [5, 5.41) is 0. The first-order valence-corrected chi connectivity index (χ1v) is 7.77. The highest BCUT2D eigenvalue weighted by Gasteiger charge is 2.09. The van der Waals surface area contributed by atoms with Crippen molar-refractivity contribution in [2.75, 3.05) is 11.5 Å². The van der Waals surface area contributed by atoms with E-state index in [1.54, 1.807) is 9.81 Å². The molecule has 82 valence electrons. The molecule has 0 atom stereocenters. The van der Waals surface area contributed by atoms with E-state index in [1.165, 1.54) is 50.0 Å². The summed E-state index contributed by atoms with van der Waals surface area (Å²) in [5.41, 5.74) is 0. The molecule has 0 fully saturated rings. The topological polar surface area (TPSA) is 0 Å². The van der Waals surface area contributed by atoms with Gasteiger partial charge in [0, 0.05) is 11.5 Å². The lowest BCUT2D eigenvalue weighted by atomic mass is 10.1. The van der Waals surface area contributed by atoms with E-state index in [0.717, 1.165) is 0 Å². The maximum absolute atomic E-state index is 2.29. The molecule has 0 spiro atoms. The molecule has 14 heavy (non-hydrogen) atoms. The van der Waals surface area contributed by atoms with Crippen LogP contribution in [0.1, 0.15) is 52.4 Å². The summed E-state index contributed by atoms with van der Waals surface area (Å²) in [4.78, 5) is 3.27. The minimum atomic E-state index is 1.32. The first-order chi connectivity index (χ1) is 6.84. The number of hydrogen-bond donors (Lipinski definition) is 0. The predicted molar refractivity (Wildman–Crippen MR) is 71.0 cm³/mol. The molecule has 0 aromatic heterocycles. The number of thioether (sulfide) groups is 2. The second kappa shape index (κ2) is 7.70. The van der Waals surface area contributed by atoms with E-state index in [-0.39, 0.29) is 0 Å². The number of rotatable bonds is 6. The van der Waals surface area contributed by atoms with Gasteiger partial charge in [-0.25, -0.2) is 0 Å². The average molecular weight is 230 g/mol. The number of allylic oxidation sites excluding steroid dienone is 2. The van der Waals surface area contributed by atoms with Gasteiger partial charge in [0.25, 0.3) is 0 Å². The lowest BCUT2D eigenvalue weighted by Crippen LogP contribution is -1.95. The van der Waals surface area contributed by atoms with Gasteiger partial charge in [-0.15, -0.1) is 23.5 Å². The Bertz CT molecular complexity index is 185. The molecule has 0 bridgehead atoms. The van der Waals surface area contributed by atoms with Gasteiger partial charge in [0.15, 0.2) is 0 Å². The van der Waals surface area contributed by atoms with Crippen LogP contribution in [-0.4, -0.2) is 11.5 Å². The van der Waals surface area contributed by atoms with Crippen molar-refractivity contribution in [3.63, 3.8) is 0 Å². The highest BCUT2D eigenvalue weighted by molar-refractivity contribution is 8.09. The molecule has 0 aromatic carbocycles. The summed E-state index contributed by atoms with van der Waals surface area (Å²) in [7, 11) is 0. The van der Waals surface area contributed by atoms with Crippen LogP contribution in [-0.2, 0) is 0 Å². The molecule has 0 saturated carbocycles. The normalized spacial score (nSPS) is 17.6. The van der Waals surface area contributed by atoms with Crippen molar-refractivity contribution in [2.45, 2.75) is 52.4 Å². The molecule has 0 amide bonds.